The van der Waals surface area contributed by atoms with Crippen LogP contribution in [0.4, 0.5) is 0 Å². The van der Waals surface area contributed by atoms with Gasteiger partial charge >= 0.3 is 5.97 Å². The van der Waals surface area contributed by atoms with Gasteiger partial charge in [-0.25, -0.2) is 4.79 Å². The lowest BCUT2D eigenvalue weighted by Gasteiger charge is -2.51. The summed E-state index contributed by atoms with van der Waals surface area (Å²) in [5.74, 6) is -1.40. The molecule has 0 aromatic rings. The van der Waals surface area contributed by atoms with Crippen molar-refractivity contribution in [1.82, 2.24) is 10.2 Å². The molecule has 110 valence electrons. The third kappa shape index (κ3) is 2.60. The van der Waals surface area contributed by atoms with E-state index in [0.717, 1.165) is 25.8 Å². The fraction of sp³-hybridized carbons (Fsp3) is 0.615. The van der Waals surface area contributed by atoms with Crippen LogP contribution in [0.25, 0.3) is 0 Å². The standard InChI is InChI=1S/C13H18N2O4S/c1-2-3-4-5-14-9-11(17)15-10(13(18)19)8(6-16)7-20-12(9)15/h6-7,9-10,12,14H,2-5H2,1H3,(H,18,19)/t9?,10?,12-/m1/s1. The Morgan fingerprint density at radius 1 is 1.55 bits per heavy atom. The number of carboxylic acids is 1. The Morgan fingerprint density at radius 2 is 2.30 bits per heavy atom. The summed E-state index contributed by atoms with van der Waals surface area (Å²) in [7, 11) is 0. The quantitative estimate of drug-likeness (QED) is 0.406. The lowest BCUT2D eigenvalue weighted by Crippen LogP contribution is -2.73. The zero-order valence-corrected chi connectivity index (χ0v) is 12.1. The van der Waals surface area contributed by atoms with E-state index in [0.29, 0.717) is 6.29 Å². The maximum atomic E-state index is 12.1. The number of unbranched alkanes of at least 4 members (excludes halogenated alkanes) is 2. The van der Waals surface area contributed by atoms with E-state index in [1.165, 1.54) is 16.7 Å². The van der Waals surface area contributed by atoms with Crippen LogP contribution in [0.1, 0.15) is 26.2 Å². The van der Waals surface area contributed by atoms with Crippen LogP contribution >= 0.6 is 11.8 Å². The fourth-order valence-corrected chi connectivity index (χ4v) is 3.66. The van der Waals surface area contributed by atoms with Gasteiger partial charge in [-0.3, -0.25) is 9.59 Å². The molecule has 2 rings (SSSR count). The molecule has 3 atom stereocenters. The van der Waals surface area contributed by atoms with E-state index >= 15 is 0 Å². The van der Waals surface area contributed by atoms with E-state index in [4.69, 9.17) is 0 Å². The van der Waals surface area contributed by atoms with Gasteiger partial charge in [-0.1, -0.05) is 19.8 Å². The third-order valence-electron chi connectivity index (χ3n) is 3.53. The highest BCUT2D eigenvalue weighted by atomic mass is 32.2. The molecule has 0 radical (unpaired) electrons. The van der Waals surface area contributed by atoms with Gasteiger partial charge < -0.3 is 15.3 Å². The molecule has 0 aromatic heterocycles. The van der Waals surface area contributed by atoms with Crippen molar-refractivity contribution in [3.63, 3.8) is 0 Å². The molecule has 2 aliphatic rings. The number of fused-ring (bicyclic) bond motifs is 1. The number of β-lactam (4-membered cyclic amide) rings is 1. The Labute approximate surface area is 121 Å². The van der Waals surface area contributed by atoms with Gasteiger partial charge in [0.05, 0.1) is 0 Å². The minimum Gasteiger partial charge on any atom is -0.479 e. The first-order valence-electron chi connectivity index (χ1n) is 6.71. The summed E-state index contributed by atoms with van der Waals surface area (Å²) in [6.45, 7) is 2.85. The zero-order chi connectivity index (χ0) is 14.7. The number of nitrogens with one attached hydrogen (secondary N) is 1. The van der Waals surface area contributed by atoms with Gasteiger partial charge in [-0.05, 0) is 18.4 Å². The monoisotopic (exact) mass is 298 g/mol. The van der Waals surface area contributed by atoms with Crippen molar-refractivity contribution in [2.75, 3.05) is 6.54 Å². The molecule has 20 heavy (non-hydrogen) atoms. The van der Waals surface area contributed by atoms with E-state index in [2.05, 4.69) is 12.2 Å². The van der Waals surface area contributed by atoms with Gasteiger partial charge in [0, 0.05) is 5.57 Å². The van der Waals surface area contributed by atoms with E-state index < -0.39 is 12.0 Å². The molecule has 1 saturated heterocycles. The van der Waals surface area contributed by atoms with Crippen LogP contribution in [0.3, 0.4) is 0 Å². The largest absolute Gasteiger partial charge is 0.479 e. The number of hydrogen-bond donors (Lipinski definition) is 2. The van der Waals surface area contributed by atoms with E-state index in [9.17, 15) is 19.5 Å². The number of carboxylic acid groups (broad SMARTS) is 1. The van der Waals surface area contributed by atoms with Crippen molar-refractivity contribution in [2.45, 2.75) is 43.6 Å². The van der Waals surface area contributed by atoms with Gasteiger partial charge in [0.2, 0.25) is 5.91 Å². The number of nitrogens with zero attached hydrogens (tertiary/aromatic N) is 1. The first-order chi connectivity index (χ1) is 9.61. The van der Waals surface area contributed by atoms with E-state index in [1.807, 2.05) is 0 Å². The molecule has 7 heteroatoms. The summed E-state index contributed by atoms with van der Waals surface area (Å²) in [4.78, 5) is 35.5. The number of carbonyl (C=O) groups is 3. The van der Waals surface area contributed by atoms with Crippen molar-refractivity contribution >= 4 is 29.9 Å². The Balaban J connectivity index is 2.01. The van der Waals surface area contributed by atoms with Crippen molar-refractivity contribution in [3.8, 4) is 0 Å². The molecular weight excluding hydrogens is 280 g/mol. The van der Waals surface area contributed by atoms with Gasteiger partial charge in [-0.2, -0.15) is 0 Å². The molecule has 2 N–H and O–H groups in total. The Kier molecular flexibility index (Phi) is 4.82. The van der Waals surface area contributed by atoms with E-state index in [-0.39, 0.29) is 22.9 Å². The molecule has 6 nitrogen and oxygen atoms in total. The first-order valence-corrected chi connectivity index (χ1v) is 7.65. The smallest absolute Gasteiger partial charge is 0.331 e. The molecule has 1 amide bonds. The molecule has 2 heterocycles. The fourth-order valence-electron chi connectivity index (χ4n) is 2.45. The number of amides is 1. The Hall–Kier alpha value is -1.34. The van der Waals surface area contributed by atoms with Crippen molar-refractivity contribution in [2.24, 2.45) is 0 Å². The second-order valence-electron chi connectivity index (χ2n) is 4.89. The summed E-state index contributed by atoms with van der Waals surface area (Å²) in [6.07, 6.45) is 3.71. The predicted molar refractivity (Wildman–Crippen MR) is 75.1 cm³/mol. The number of thioether (sulfide) groups is 1. The van der Waals surface area contributed by atoms with Gasteiger partial charge in [0.15, 0.2) is 6.04 Å². The summed E-state index contributed by atoms with van der Waals surface area (Å²) in [5, 5.41) is 13.7. The second-order valence-corrected chi connectivity index (χ2v) is 5.88. The van der Waals surface area contributed by atoms with Gasteiger partial charge in [0.1, 0.15) is 17.7 Å². The van der Waals surface area contributed by atoms with Crippen LogP contribution in [-0.2, 0) is 14.4 Å². The zero-order valence-electron chi connectivity index (χ0n) is 11.2. The molecule has 0 aliphatic carbocycles. The summed E-state index contributed by atoms with van der Waals surface area (Å²) in [6, 6.07) is -1.48. The van der Waals surface area contributed by atoms with Crippen LogP contribution in [-0.4, -0.2) is 52.2 Å². The summed E-state index contributed by atoms with van der Waals surface area (Å²) < 4.78 is 0. The maximum Gasteiger partial charge on any atom is 0.331 e. The number of rotatable bonds is 7. The first kappa shape index (κ1) is 15.1. The number of carbonyl (C=O) groups excluding carboxylic acids is 2. The van der Waals surface area contributed by atoms with Gasteiger partial charge in [0.25, 0.3) is 0 Å². The maximum absolute atomic E-state index is 12.1. The Bertz CT molecular complexity index is 452. The highest BCUT2D eigenvalue weighted by Gasteiger charge is 2.54. The minimum atomic E-state index is -1.16. The van der Waals surface area contributed by atoms with Crippen LogP contribution in [0.5, 0.6) is 0 Å². The molecule has 0 aromatic carbocycles. The molecular formula is C13H18N2O4S. The molecule has 0 bridgehead atoms. The number of aliphatic carboxylic acids is 1. The highest BCUT2D eigenvalue weighted by molar-refractivity contribution is 8.03. The van der Waals surface area contributed by atoms with Crippen LogP contribution in [0, 0.1) is 0 Å². The lowest BCUT2D eigenvalue weighted by molar-refractivity contribution is -0.159. The average molecular weight is 298 g/mol. The van der Waals surface area contributed by atoms with Crippen molar-refractivity contribution in [3.05, 3.63) is 11.0 Å². The lowest BCUT2D eigenvalue weighted by atomic mass is 9.98. The van der Waals surface area contributed by atoms with E-state index in [1.54, 1.807) is 5.41 Å². The minimum absolute atomic E-state index is 0.136. The van der Waals surface area contributed by atoms with Crippen LogP contribution in [0.2, 0.25) is 0 Å². The summed E-state index contributed by atoms with van der Waals surface area (Å²) >= 11 is 1.33. The normalized spacial score (nSPS) is 28.4. The Morgan fingerprint density at radius 3 is 2.90 bits per heavy atom. The van der Waals surface area contributed by atoms with Crippen molar-refractivity contribution in [1.29, 1.82) is 0 Å². The number of aldehydes is 1. The van der Waals surface area contributed by atoms with Crippen molar-refractivity contribution < 1.29 is 19.5 Å². The molecule has 0 saturated carbocycles. The average Bonchev–Trinajstić information content (AvgIpc) is 2.45. The van der Waals surface area contributed by atoms with Gasteiger partial charge in [-0.15, -0.1) is 11.8 Å². The summed E-state index contributed by atoms with van der Waals surface area (Å²) in [5.41, 5.74) is 0.136. The van der Waals surface area contributed by atoms with Crippen LogP contribution in [0.15, 0.2) is 11.0 Å². The highest BCUT2D eigenvalue weighted by Crippen LogP contribution is 2.39. The number of hydrogen-bond acceptors (Lipinski definition) is 5. The molecule has 0 spiro atoms. The van der Waals surface area contributed by atoms with Crippen LogP contribution < -0.4 is 5.32 Å². The molecule has 2 unspecified atom stereocenters. The molecule has 2 aliphatic heterocycles. The topological polar surface area (TPSA) is 86.7 Å². The second kappa shape index (κ2) is 6.41. The third-order valence-corrected chi connectivity index (χ3v) is 4.72. The molecule has 1 fully saturated rings. The SMILES string of the molecule is CCCCCNC1C(=O)N2C(C(=O)O)C(C=O)=CS[C@H]12. The predicted octanol–water partition coefficient (Wildman–Crippen LogP) is 0.586.